The zero-order chi connectivity index (χ0) is 12.3. The molecule has 0 aromatic rings. The fraction of sp³-hybridized carbons (Fsp3) is 0.923. The first kappa shape index (κ1) is 15.7. The summed E-state index contributed by atoms with van der Waals surface area (Å²) in [4.78, 5) is 11.9. The van der Waals surface area contributed by atoms with Crippen molar-refractivity contribution >= 4 is 18.3 Å². The van der Waals surface area contributed by atoms with E-state index in [0.717, 1.165) is 39.1 Å². The van der Waals surface area contributed by atoms with Gasteiger partial charge in [-0.25, -0.2) is 0 Å². The molecule has 2 aliphatic heterocycles. The highest BCUT2D eigenvalue weighted by Gasteiger charge is 2.31. The van der Waals surface area contributed by atoms with Gasteiger partial charge in [0.15, 0.2) is 0 Å². The standard InChI is InChI=1S/C13H24N2O2.ClH/c1-9(2)12-10(4-6-17-12)8-15-13(16)11-3-5-14-7-11;/h9-12,14H,3-8H2,1-2H3,(H,15,16);1H. The average Bonchev–Trinajstić information content (AvgIpc) is 2.96. The van der Waals surface area contributed by atoms with E-state index in [1.54, 1.807) is 0 Å². The van der Waals surface area contributed by atoms with Crippen LogP contribution < -0.4 is 10.6 Å². The summed E-state index contributed by atoms with van der Waals surface area (Å²) in [5.41, 5.74) is 0. The highest BCUT2D eigenvalue weighted by Crippen LogP contribution is 2.26. The Morgan fingerprint density at radius 3 is 2.83 bits per heavy atom. The zero-order valence-electron chi connectivity index (χ0n) is 11.3. The molecule has 106 valence electrons. The van der Waals surface area contributed by atoms with E-state index < -0.39 is 0 Å². The van der Waals surface area contributed by atoms with Crippen LogP contribution in [0.2, 0.25) is 0 Å². The van der Waals surface area contributed by atoms with Crippen molar-refractivity contribution in [1.82, 2.24) is 10.6 Å². The van der Waals surface area contributed by atoms with Gasteiger partial charge >= 0.3 is 0 Å². The van der Waals surface area contributed by atoms with Gasteiger partial charge in [-0.1, -0.05) is 13.8 Å². The van der Waals surface area contributed by atoms with Gasteiger partial charge < -0.3 is 15.4 Å². The molecule has 5 heteroatoms. The van der Waals surface area contributed by atoms with Crippen LogP contribution in [0.1, 0.15) is 26.7 Å². The topological polar surface area (TPSA) is 50.4 Å². The Balaban J connectivity index is 0.00000162. The van der Waals surface area contributed by atoms with Crippen molar-refractivity contribution in [2.75, 3.05) is 26.2 Å². The molecule has 18 heavy (non-hydrogen) atoms. The summed E-state index contributed by atoms with van der Waals surface area (Å²) in [7, 11) is 0. The average molecular weight is 277 g/mol. The Labute approximate surface area is 116 Å². The molecule has 0 radical (unpaired) electrons. The van der Waals surface area contributed by atoms with E-state index in [1.165, 1.54) is 0 Å². The Hall–Kier alpha value is -0.320. The molecule has 3 atom stereocenters. The van der Waals surface area contributed by atoms with Crippen molar-refractivity contribution < 1.29 is 9.53 Å². The largest absolute Gasteiger partial charge is 0.378 e. The number of ether oxygens (including phenoxy) is 1. The summed E-state index contributed by atoms with van der Waals surface area (Å²) in [6, 6.07) is 0. The fourth-order valence-corrected chi connectivity index (χ4v) is 2.87. The lowest BCUT2D eigenvalue weighted by atomic mass is 9.93. The molecule has 4 nitrogen and oxygen atoms in total. The summed E-state index contributed by atoms with van der Waals surface area (Å²) in [6.07, 6.45) is 2.36. The summed E-state index contributed by atoms with van der Waals surface area (Å²) < 4.78 is 5.72. The zero-order valence-corrected chi connectivity index (χ0v) is 12.1. The van der Waals surface area contributed by atoms with Crippen molar-refractivity contribution in [2.24, 2.45) is 17.8 Å². The lowest BCUT2D eigenvalue weighted by Crippen LogP contribution is -2.38. The number of hydrogen-bond donors (Lipinski definition) is 2. The van der Waals surface area contributed by atoms with Crippen LogP contribution in [0.3, 0.4) is 0 Å². The van der Waals surface area contributed by atoms with Crippen LogP contribution in [0.15, 0.2) is 0 Å². The number of carbonyl (C=O) groups is 1. The second-order valence-electron chi connectivity index (χ2n) is 5.56. The van der Waals surface area contributed by atoms with Gasteiger partial charge in [-0.15, -0.1) is 12.4 Å². The van der Waals surface area contributed by atoms with E-state index in [2.05, 4.69) is 24.5 Å². The van der Waals surface area contributed by atoms with Crippen molar-refractivity contribution in [3.05, 3.63) is 0 Å². The number of amides is 1. The normalized spacial score (nSPS) is 31.4. The van der Waals surface area contributed by atoms with E-state index in [-0.39, 0.29) is 24.2 Å². The molecule has 2 heterocycles. The third kappa shape index (κ3) is 3.84. The molecular weight excluding hydrogens is 252 g/mol. The molecule has 2 aliphatic rings. The minimum absolute atomic E-state index is 0. The van der Waals surface area contributed by atoms with E-state index in [1.807, 2.05) is 0 Å². The minimum atomic E-state index is 0. The molecule has 0 aromatic carbocycles. The Morgan fingerprint density at radius 1 is 1.44 bits per heavy atom. The van der Waals surface area contributed by atoms with Crippen LogP contribution >= 0.6 is 12.4 Å². The maximum Gasteiger partial charge on any atom is 0.224 e. The first-order chi connectivity index (χ1) is 8.18. The SMILES string of the molecule is CC(C)C1OCCC1CNC(=O)C1CCNC1.Cl. The summed E-state index contributed by atoms with van der Waals surface area (Å²) in [5.74, 6) is 1.42. The van der Waals surface area contributed by atoms with Crippen molar-refractivity contribution in [3.8, 4) is 0 Å². The van der Waals surface area contributed by atoms with Gasteiger partial charge in [-0.3, -0.25) is 4.79 Å². The number of carbonyl (C=O) groups excluding carboxylic acids is 1. The van der Waals surface area contributed by atoms with Crippen LogP contribution in [0.5, 0.6) is 0 Å². The lowest BCUT2D eigenvalue weighted by molar-refractivity contribution is -0.124. The van der Waals surface area contributed by atoms with Gasteiger partial charge in [0.2, 0.25) is 5.91 Å². The van der Waals surface area contributed by atoms with Crippen LogP contribution in [0.4, 0.5) is 0 Å². The molecule has 0 saturated carbocycles. The van der Waals surface area contributed by atoms with Crippen LogP contribution in [0.25, 0.3) is 0 Å². The van der Waals surface area contributed by atoms with Gasteiger partial charge in [0.05, 0.1) is 12.0 Å². The molecular formula is C13H25ClN2O2. The molecule has 3 unspecified atom stereocenters. The van der Waals surface area contributed by atoms with Crippen molar-refractivity contribution in [1.29, 1.82) is 0 Å². The maximum atomic E-state index is 11.9. The van der Waals surface area contributed by atoms with Gasteiger partial charge in [0.25, 0.3) is 0 Å². The van der Waals surface area contributed by atoms with Crippen LogP contribution in [0, 0.1) is 17.8 Å². The highest BCUT2D eigenvalue weighted by atomic mass is 35.5. The van der Waals surface area contributed by atoms with Crippen molar-refractivity contribution in [2.45, 2.75) is 32.8 Å². The van der Waals surface area contributed by atoms with E-state index in [9.17, 15) is 4.79 Å². The smallest absolute Gasteiger partial charge is 0.224 e. The molecule has 2 N–H and O–H groups in total. The predicted molar refractivity (Wildman–Crippen MR) is 73.9 cm³/mol. The molecule has 0 aromatic heterocycles. The molecule has 2 rings (SSSR count). The number of rotatable bonds is 4. The monoisotopic (exact) mass is 276 g/mol. The van der Waals surface area contributed by atoms with Gasteiger partial charge in [-0.2, -0.15) is 0 Å². The Kier molecular flexibility index (Phi) is 6.39. The maximum absolute atomic E-state index is 11.9. The molecule has 0 bridgehead atoms. The molecule has 2 fully saturated rings. The van der Waals surface area contributed by atoms with Crippen molar-refractivity contribution in [3.63, 3.8) is 0 Å². The number of nitrogens with one attached hydrogen (secondary N) is 2. The quantitative estimate of drug-likeness (QED) is 0.811. The molecule has 2 saturated heterocycles. The Bertz CT molecular complexity index is 268. The highest BCUT2D eigenvalue weighted by molar-refractivity contribution is 5.85. The van der Waals surface area contributed by atoms with Crippen LogP contribution in [-0.2, 0) is 9.53 Å². The summed E-state index contributed by atoms with van der Waals surface area (Å²) in [6.45, 7) is 7.80. The first-order valence-corrected chi connectivity index (χ1v) is 6.78. The van der Waals surface area contributed by atoms with E-state index in [0.29, 0.717) is 17.9 Å². The lowest BCUT2D eigenvalue weighted by Gasteiger charge is -2.22. The third-order valence-electron chi connectivity index (χ3n) is 3.89. The van der Waals surface area contributed by atoms with Gasteiger partial charge in [0, 0.05) is 25.6 Å². The third-order valence-corrected chi connectivity index (χ3v) is 3.89. The molecule has 0 aliphatic carbocycles. The summed E-state index contributed by atoms with van der Waals surface area (Å²) >= 11 is 0. The van der Waals surface area contributed by atoms with Gasteiger partial charge in [0.1, 0.15) is 0 Å². The van der Waals surface area contributed by atoms with E-state index in [4.69, 9.17) is 4.74 Å². The van der Waals surface area contributed by atoms with E-state index >= 15 is 0 Å². The molecule has 1 amide bonds. The predicted octanol–water partition coefficient (Wildman–Crippen LogP) is 1.19. The van der Waals surface area contributed by atoms with Gasteiger partial charge in [-0.05, 0) is 25.3 Å². The van der Waals surface area contributed by atoms with Crippen LogP contribution in [-0.4, -0.2) is 38.3 Å². The Morgan fingerprint density at radius 2 is 2.22 bits per heavy atom. The second-order valence-corrected chi connectivity index (χ2v) is 5.56. The molecule has 0 spiro atoms. The second kappa shape index (κ2) is 7.31. The number of halogens is 1. The first-order valence-electron chi connectivity index (χ1n) is 6.78. The number of hydrogen-bond acceptors (Lipinski definition) is 3. The summed E-state index contributed by atoms with van der Waals surface area (Å²) in [5, 5.41) is 6.32. The fourth-order valence-electron chi connectivity index (χ4n) is 2.87. The minimum Gasteiger partial charge on any atom is -0.378 e.